The van der Waals surface area contributed by atoms with Crippen molar-refractivity contribution in [2.24, 2.45) is 0 Å². The Kier molecular flexibility index (Phi) is 3.51. The van der Waals surface area contributed by atoms with Gasteiger partial charge in [0.05, 0.1) is 6.10 Å². The van der Waals surface area contributed by atoms with Crippen LogP contribution in [0, 0.1) is 5.82 Å². The molecule has 2 aliphatic rings. The molecule has 2 fully saturated rings. The highest BCUT2D eigenvalue weighted by Gasteiger charge is 2.31. The Labute approximate surface area is 117 Å². The molecule has 1 aliphatic heterocycles. The molecule has 20 heavy (non-hydrogen) atoms. The van der Waals surface area contributed by atoms with Crippen molar-refractivity contribution in [2.75, 3.05) is 5.32 Å². The molecule has 1 saturated heterocycles. The second-order valence-corrected chi connectivity index (χ2v) is 5.50. The number of hydrogen-bond acceptors (Lipinski definition) is 4. The van der Waals surface area contributed by atoms with Crippen molar-refractivity contribution in [3.8, 4) is 5.75 Å². The summed E-state index contributed by atoms with van der Waals surface area (Å²) in [4.78, 5) is 11.5. The lowest BCUT2D eigenvalue weighted by molar-refractivity contribution is -0.141. The largest absolute Gasteiger partial charge is 0.487 e. The maximum Gasteiger partial charge on any atom is 0.328 e. The molecule has 1 aromatic carbocycles. The summed E-state index contributed by atoms with van der Waals surface area (Å²) in [5, 5.41) is 3.00. The summed E-state index contributed by atoms with van der Waals surface area (Å²) in [7, 11) is 0. The van der Waals surface area contributed by atoms with E-state index in [2.05, 4.69) is 5.32 Å². The molecule has 1 N–H and O–H groups in total. The van der Waals surface area contributed by atoms with E-state index in [-0.39, 0.29) is 23.9 Å². The molecular formula is C15H18FNO3. The zero-order valence-corrected chi connectivity index (χ0v) is 11.4. The second kappa shape index (κ2) is 5.31. The van der Waals surface area contributed by atoms with Gasteiger partial charge in [0.15, 0.2) is 11.6 Å². The van der Waals surface area contributed by atoms with Gasteiger partial charge in [-0.2, -0.15) is 0 Å². The molecule has 108 valence electrons. The first-order chi connectivity index (χ1) is 9.61. The molecule has 1 aromatic rings. The third-order valence-corrected chi connectivity index (χ3v) is 3.79. The number of carbonyl (C=O) groups is 1. The molecule has 0 spiro atoms. The fourth-order valence-corrected chi connectivity index (χ4v) is 2.43. The van der Waals surface area contributed by atoms with E-state index in [0.717, 1.165) is 19.3 Å². The molecule has 0 amide bonds. The van der Waals surface area contributed by atoms with Gasteiger partial charge in [-0.05, 0) is 38.3 Å². The van der Waals surface area contributed by atoms with Gasteiger partial charge in [0.1, 0.15) is 12.1 Å². The van der Waals surface area contributed by atoms with Crippen LogP contribution in [0.2, 0.25) is 0 Å². The van der Waals surface area contributed by atoms with Gasteiger partial charge < -0.3 is 14.8 Å². The van der Waals surface area contributed by atoms with Crippen molar-refractivity contribution in [2.45, 2.75) is 50.9 Å². The van der Waals surface area contributed by atoms with Crippen molar-refractivity contribution in [3.63, 3.8) is 0 Å². The van der Waals surface area contributed by atoms with Gasteiger partial charge in [0, 0.05) is 18.2 Å². The molecule has 0 unspecified atom stereocenters. The minimum atomic E-state index is -0.402. The van der Waals surface area contributed by atoms with Crippen LogP contribution in [0.5, 0.6) is 5.75 Å². The Morgan fingerprint density at radius 2 is 2.20 bits per heavy atom. The molecule has 1 aliphatic carbocycles. The zero-order valence-electron chi connectivity index (χ0n) is 11.4. The molecule has 0 bridgehead atoms. The van der Waals surface area contributed by atoms with E-state index in [1.807, 2.05) is 6.92 Å². The highest BCUT2D eigenvalue weighted by molar-refractivity contribution is 5.81. The minimum Gasteiger partial charge on any atom is -0.487 e. The fraction of sp³-hybridized carbons (Fsp3) is 0.533. The Morgan fingerprint density at radius 1 is 1.40 bits per heavy atom. The van der Waals surface area contributed by atoms with Crippen molar-refractivity contribution in [1.29, 1.82) is 0 Å². The summed E-state index contributed by atoms with van der Waals surface area (Å²) >= 11 is 0. The number of anilines is 1. The average Bonchev–Trinajstić information content (AvgIpc) is 2.64. The smallest absolute Gasteiger partial charge is 0.328 e. The lowest BCUT2D eigenvalue weighted by Crippen LogP contribution is -2.25. The van der Waals surface area contributed by atoms with E-state index in [1.165, 1.54) is 6.07 Å². The van der Waals surface area contributed by atoms with Gasteiger partial charge in [0.25, 0.3) is 0 Å². The average molecular weight is 279 g/mol. The third kappa shape index (κ3) is 2.71. The Morgan fingerprint density at radius 3 is 2.75 bits per heavy atom. The Bertz CT molecular complexity index is 516. The summed E-state index contributed by atoms with van der Waals surface area (Å²) in [5.41, 5.74) is 0.569. The predicted octanol–water partition coefficient (Wildman–Crippen LogP) is 2.87. The summed E-state index contributed by atoms with van der Waals surface area (Å²) < 4.78 is 24.5. The van der Waals surface area contributed by atoms with Crippen LogP contribution in [0.15, 0.2) is 18.2 Å². The Hall–Kier alpha value is -1.78. The summed E-state index contributed by atoms with van der Waals surface area (Å²) in [5.74, 6) is -0.406. The second-order valence-electron chi connectivity index (χ2n) is 5.50. The molecule has 4 nitrogen and oxygen atoms in total. The summed E-state index contributed by atoms with van der Waals surface area (Å²) in [6, 6.07) is 4.31. The van der Waals surface area contributed by atoms with E-state index in [9.17, 15) is 9.18 Å². The topological polar surface area (TPSA) is 47.6 Å². The van der Waals surface area contributed by atoms with E-state index < -0.39 is 11.9 Å². The molecule has 2 atom stereocenters. The minimum absolute atomic E-state index is 0.0916. The van der Waals surface area contributed by atoms with Crippen LogP contribution in [0.4, 0.5) is 10.1 Å². The molecule has 1 saturated carbocycles. The van der Waals surface area contributed by atoms with Crippen molar-refractivity contribution in [3.05, 3.63) is 24.0 Å². The molecule has 0 radical (unpaired) electrons. The number of ether oxygens (including phenoxy) is 2. The summed E-state index contributed by atoms with van der Waals surface area (Å²) in [6.07, 6.45) is 3.78. The van der Waals surface area contributed by atoms with Gasteiger partial charge in [-0.15, -0.1) is 0 Å². The van der Waals surface area contributed by atoms with E-state index in [0.29, 0.717) is 12.1 Å². The quantitative estimate of drug-likeness (QED) is 0.861. The maximum atomic E-state index is 13.9. The standard InChI is InChI=1S/C15H18FNO3/c1-9-7-13(15(18)19-9)17-10-5-6-14(12(16)8-10)20-11-3-2-4-11/h5-6,8-9,11,13,17H,2-4,7H2,1H3/t9-,13-/m0/s1. The predicted molar refractivity (Wildman–Crippen MR) is 72.2 cm³/mol. The molecule has 1 heterocycles. The van der Waals surface area contributed by atoms with Crippen LogP contribution in [-0.2, 0) is 9.53 Å². The zero-order chi connectivity index (χ0) is 14.1. The SMILES string of the molecule is C[C@H]1C[C@H](Nc2ccc(OC3CCC3)c(F)c2)C(=O)O1. The number of hydrogen-bond donors (Lipinski definition) is 1. The normalized spacial score (nSPS) is 26.0. The first-order valence-corrected chi connectivity index (χ1v) is 7.05. The van der Waals surface area contributed by atoms with Crippen LogP contribution in [0.1, 0.15) is 32.6 Å². The molecule has 3 rings (SSSR count). The van der Waals surface area contributed by atoms with Crippen LogP contribution < -0.4 is 10.1 Å². The van der Waals surface area contributed by atoms with Gasteiger partial charge in [-0.1, -0.05) is 0 Å². The van der Waals surface area contributed by atoms with Gasteiger partial charge >= 0.3 is 5.97 Å². The lowest BCUT2D eigenvalue weighted by Gasteiger charge is -2.26. The van der Waals surface area contributed by atoms with E-state index >= 15 is 0 Å². The first kappa shape index (κ1) is 13.2. The van der Waals surface area contributed by atoms with Gasteiger partial charge in [0.2, 0.25) is 0 Å². The van der Waals surface area contributed by atoms with E-state index in [1.54, 1.807) is 12.1 Å². The number of cyclic esters (lactones) is 1. The van der Waals surface area contributed by atoms with Crippen molar-refractivity contribution < 1.29 is 18.7 Å². The third-order valence-electron chi connectivity index (χ3n) is 3.79. The number of esters is 1. The molecule has 5 heteroatoms. The van der Waals surface area contributed by atoms with Crippen LogP contribution >= 0.6 is 0 Å². The maximum absolute atomic E-state index is 13.9. The fourth-order valence-electron chi connectivity index (χ4n) is 2.43. The van der Waals surface area contributed by atoms with Crippen LogP contribution in [0.3, 0.4) is 0 Å². The number of rotatable bonds is 4. The number of benzene rings is 1. The number of nitrogens with one attached hydrogen (secondary N) is 1. The highest BCUT2D eigenvalue weighted by Crippen LogP contribution is 2.29. The number of halogens is 1. The first-order valence-electron chi connectivity index (χ1n) is 7.05. The van der Waals surface area contributed by atoms with Crippen molar-refractivity contribution in [1.82, 2.24) is 0 Å². The van der Waals surface area contributed by atoms with Gasteiger partial charge in [-0.25, -0.2) is 9.18 Å². The van der Waals surface area contributed by atoms with Crippen LogP contribution in [-0.4, -0.2) is 24.2 Å². The highest BCUT2D eigenvalue weighted by atomic mass is 19.1. The summed E-state index contributed by atoms with van der Waals surface area (Å²) in [6.45, 7) is 1.84. The lowest BCUT2D eigenvalue weighted by atomic mass is 9.96. The molecule has 0 aromatic heterocycles. The molecular weight excluding hydrogens is 261 g/mol. The Balaban J connectivity index is 1.65. The van der Waals surface area contributed by atoms with E-state index in [4.69, 9.17) is 9.47 Å². The van der Waals surface area contributed by atoms with Crippen LogP contribution in [0.25, 0.3) is 0 Å². The monoisotopic (exact) mass is 279 g/mol. The van der Waals surface area contributed by atoms with Gasteiger partial charge in [-0.3, -0.25) is 0 Å². The number of carbonyl (C=O) groups excluding carboxylic acids is 1. The van der Waals surface area contributed by atoms with Crippen molar-refractivity contribution >= 4 is 11.7 Å².